The highest BCUT2D eigenvalue weighted by Gasteiger charge is 2.18. The van der Waals surface area contributed by atoms with Gasteiger partial charge in [0.1, 0.15) is 30.5 Å². The molecule has 1 aliphatic rings. The summed E-state index contributed by atoms with van der Waals surface area (Å²) in [6, 6.07) is 5.73. The van der Waals surface area contributed by atoms with E-state index in [0.29, 0.717) is 25.6 Å². The van der Waals surface area contributed by atoms with Gasteiger partial charge in [-0.25, -0.2) is 4.98 Å². The highest BCUT2D eigenvalue weighted by molar-refractivity contribution is 5.73. The second-order valence-corrected chi connectivity index (χ2v) is 4.76. The average molecular weight is 283 g/mol. The molecule has 5 heteroatoms. The number of hydrogen-bond acceptors (Lipinski definition) is 4. The van der Waals surface area contributed by atoms with Gasteiger partial charge in [0.05, 0.1) is 6.54 Å². The molecule has 3 rings (SSSR count). The number of aryl methyl sites for hydroxylation is 1. The summed E-state index contributed by atoms with van der Waals surface area (Å²) in [5, 5.41) is 0. The molecule has 5 nitrogen and oxygen atoms in total. The van der Waals surface area contributed by atoms with Crippen LogP contribution < -0.4 is 15.2 Å². The number of anilines is 1. The Labute approximate surface area is 123 Å². The lowest BCUT2D eigenvalue weighted by Crippen LogP contribution is -2.15. The van der Waals surface area contributed by atoms with Crippen molar-refractivity contribution in [1.29, 1.82) is 0 Å². The van der Waals surface area contributed by atoms with E-state index in [9.17, 15) is 0 Å². The molecule has 0 amide bonds. The molecular weight excluding hydrogens is 266 g/mol. The van der Waals surface area contributed by atoms with Gasteiger partial charge < -0.3 is 19.8 Å². The van der Waals surface area contributed by atoms with E-state index in [-0.39, 0.29) is 0 Å². The standard InChI is InChI=1S/C16H17N3O2/c1-3-7-19-14(4-2)18-15(16(19)17)11-5-6-12-13(10-11)21-9-8-20-12/h1,5-6,10H,4,7-9,17H2,2H3. The Balaban J connectivity index is 2.06. The highest BCUT2D eigenvalue weighted by Crippen LogP contribution is 2.36. The minimum Gasteiger partial charge on any atom is -0.486 e. The van der Waals surface area contributed by atoms with Crippen LogP contribution in [0.4, 0.5) is 5.82 Å². The number of fused-ring (bicyclic) bond motifs is 1. The molecule has 2 aromatic rings. The molecule has 0 radical (unpaired) electrons. The molecule has 1 aromatic carbocycles. The monoisotopic (exact) mass is 283 g/mol. The summed E-state index contributed by atoms with van der Waals surface area (Å²) < 4.78 is 13.0. The molecule has 0 atom stereocenters. The average Bonchev–Trinajstić information content (AvgIpc) is 2.84. The molecule has 0 spiro atoms. The topological polar surface area (TPSA) is 62.3 Å². The zero-order chi connectivity index (χ0) is 14.8. The number of aromatic nitrogens is 2. The van der Waals surface area contributed by atoms with Crippen LogP contribution >= 0.6 is 0 Å². The fourth-order valence-electron chi connectivity index (χ4n) is 2.45. The third kappa shape index (κ3) is 2.29. The molecule has 0 fully saturated rings. The Kier molecular flexibility index (Phi) is 3.44. The Bertz CT molecular complexity index is 713. The molecule has 0 aliphatic carbocycles. The summed E-state index contributed by atoms with van der Waals surface area (Å²) in [6.45, 7) is 3.58. The van der Waals surface area contributed by atoms with Gasteiger partial charge in [-0.15, -0.1) is 6.42 Å². The number of nitrogen functional groups attached to an aromatic ring is 1. The third-order valence-corrected chi connectivity index (χ3v) is 3.47. The number of imidazole rings is 1. The van der Waals surface area contributed by atoms with Crippen LogP contribution in [0.5, 0.6) is 11.5 Å². The molecule has 1 aromatic heterocycles. The van der Waals surface area contributed by atoms with Gasteiger partial charge in [-0.2, -0.15) is 0 Å². The van der Waals surface area contributed by atoms with Gasteiger partial charge >= 0.3 is 0 Å². The zero-order valence-electron chi connectivity index (χ0n) is 11.9. The Hall–Kier alpha value is -2.61. The van der Waals surface area contributed by atoms with E-state index in [0.717, 1.165) is 35.0 Å². The molecule has 0 saturated heterocycles. The molecule has 2 heterocycles. The van der Waals surface area contributed by atoms with Crippen molar-refractivity contribution >= 4 is 5.82 Å². The van der Waals surface area contributed by atoms with E-state index in [1.54, 1.807) is 0 Å². The number of ether oxygens (including phenoxy) is 2. The summed E-state index contributed by atoms with van der Waals surface area (Å²) in [5.74, 6) is 5.56. The number of nitrogens with two attached hydrogens (primary N) is 1. The molecule has 1 aliphatic heterocycles. The normalized spacial score (nSPS) is 13.0. The lowest BCUT2D eigenvalue weighted by Gasteiger charge is -2.18. The summed E-state index contributed by atoms with van der Waals surface area (Å²) in [7, 11) is 0. The predicted molar refractivity (Wildman–Crippen MR) is 81.3 cm³/mol. The second kappa shape index (κ2) is 5.41. The van der Waals surface area contributed by atoms with E-state index in [1.165, 1.54) is 0 Å². The number of hydrogen-bond donors (Lipinski definition) is 1. The van der Waals surface area contributed by atoms with Crippen molar-refractivity contribution in [2.75, 3.05) is 18.9 Å². The van der Waals surface area contributed by atoms with E-state index < -0.39 is 0 Å². The third-order valence-electron chi connectivity index (χ3n) is 3.47. The van der Waals surface area contributed by atoms with Gasteiger partial charge in [0.15, 0.2) is 11.5 Å². The van der Waals surface area contributed by atoms with Gasteiger partial charge in [0, 0.05) is 12.0 Å². The molecule has 108 valence electrons. The number of nitrogens with zero attached hydrogens (tertiary/aromatic N) is 2. The van der Waals surface area contributed by atoms with Crippen molar-refractivity contribution in [3.8, 4) is 35.1 Å². The minimum atomic E-state index is 0.423. The van der Waals surface area contributed by atoms with Crippen LogP contribution in [0.15, 0.2) is 18.2 Å². The van der Waals surface area contributed by atoms with E-state index >= 15 is 0 Å². The first-order valence-corrected chi connectivity index (χ1v) is 6.93. The quantitative estimate of drug-likeness (QED) is 0.876. The van der Waals surface area contributed by atoms with Gasteiger partial charge in [-0.05, 0) is 18.2 Å². The molecule has 0 bridgehead atoms. The first-order valence-electron chi connectivity index (χ1n) is 6.93. The summed E-state index contributed by atoms with van der Waals surface area (Å²) in [6.07, 6.45) is 6.18. The smallest absolute Gasteiger partial charge is 0.162 e. The Morgan fingerprint density at radius 2 is 2.10 bits per heavy atom. The zero-order valence-corrected chi connectivity index (χ0v) is 11.9. The van der Waals surface area contributed by atoms with Gasteiger partial charge in [-0.1, -0.05) is 12.8 Å². The van der Waals surface area contributed by atoms with Crippen LogP contribution in [0.1, 0.15) is 12.7 Å². The van der Waals surface area contributed by atoms with Crippen LogP contribution in [0.25, 0.3) is 11.3 Å². The van der Waals surface area contributed by atoms with Crippen molar-refractivity contribution in [1.82, 2.24) is 9.55 Å². The van der Waals surface area contributed by atoms with Crippen molar-refractivity contribution in [2.24, 2.45) is 0 Å². The molecular formula is C16H17N3O2. The first kappa shape index (κ1) is 13.4. The summed E-state index contributed by atoms with van der Waals surface area (Å²) in [4.78, 5) is 4.61. The van der Waals surface area contributed by atoms with E-state index in [4.69, 9.17) is 21.6 Å². The molecule has 0 saturated carbocycles. The Morgan fingerprint density at radius 3 is 2.81 bits per heavy atom. The number of benzene rings is 1. The van der Waals surface area contributed by atoms with Gasteiger partial charge in [0.2, 0.25) is 0 Å². The fraction of sp³-hybridized carbons (Fsp3) is 0.312. The molecule has 2 N–H and O–H groups in total. The maximum atomic E-state index is 6.21. The van der Waals surface area contributed by atoms with Crippen molar-refractivity contribution < 1.29 is 9.47 Å². The summed E-state index contributed by atoms with van der Waals surface area (Å²) in [5.41, 5.74) is 7.85. The first-order chi connectivity index (χ1) is 10.2. The molecule has 21 heavy (non-hydrogen) atoms. The largest absolute Gasteiger partial charge is 0.486 e. The van der Waals surface area contributed by atoms with Gasteiger partial charge in [-0.3, -0.25) is 0 Å². The maximum absolute atomic E-state index is 6.21. The van der Waals surface area contributed by atoms with E-state index in [2.05, 4.69) is 10.9 Å². The molecule has 0 unspecified atom stereocenters. The Morgan fingerprint density at radius 1 is 1.33 bits per heavy atom. The second-order valence-electron chi connectivity index (χ2n) is 4.76. The van der Waals surface area contributed by atoms with Gasteiger partial charge in [0.25, 0.3) is 0 Å². The van der Waals surface area contributed by atoms with Crippen LogP contribution in [-0.4, -0.2) is 22.8 Å². The van der Waals surface area contributed by atoms with Crippen molar-refractivity contribution in [3.05, 3.63) is 24.0 Å². The predicted octanol–water partition coefficient (Wildman–Crippen LogP) is 2.10. The van der Waals surface area contributed by atoms with Crippen molar-refractivity contribution in [3.63, 3.8) is 0 Å². The fourth-order valence-corrected chi connectivity index (χ4v) is 2.45. The van der Waals surface area contributed by atoms with E-state index in [1.807, 2.05) is 29.7 Å². The van der Waals surface area contributed by atoms with Crippen molar-refractivity contribution in [2.45, 2.75) is 19.9 Å². The highest BCUT2D eigenvalue weighted by atomic mass is 16.6. The van der Waals surface area contributed by atoms with Crippen LogP contribution in [0, 0.1) is 12.3 Å². The maximum Gasteiger partial charge on any atom is 0.162 e. The van der Waals surface area contributed by atoms with Crippen LogP contribution in [-0.2, 0) is 13.0 Å². The summed E-state index contributed by atoms with van der Waals surface area (Å²) >= 11 is 0. The van der Waals surface area contributed by atoms with Crippen LogP contribution in [0.2, 0.25) is 0 Å². The number of terminal acetylenes is 1. The SMILES string of the molecule is C#CCn1c(CC)nc(-c2ccc3c(c2)OCCO3)c1N. The van der Waals surface area contributed by atoms with Crippen LogP contribution in [0.3, 0.4) is 0 Å². The lowest BCUT2D eigenvalue weighted by atomic mass is 10.1. The lowest BCUT2D eigenvalue weighted by molar-refractivity contribution is 0.171. The number of rotatable bonds is 3. The minimum absolute atomic E-state index is 0.423.